The molecule has 116 valence electrons. The standard InChI is InChI=1S/C22H23N/c1-3-18(2)19-11-10-16-22(17-19)23(20-12-6-4-7-13-20)21-14-8-5-9-15-21/h4-18H,3H2,1-2H3. The van der Waals surface area contributed by atoms with E-state index in [-0.39, 0.29) is 0 Å². The fourth-order valence-electron chi connectivity index (χ4n) is 2.81. The van der Waals surface area contributed by atoms with E-state index in [2.05, 4.69) is 104 Å². The highest BCUT2D eigenvalue weighted by Crippen LogP contribution is 2.35. The lowest BCUT2D eigenvalue weighted by atomic mass is 9.98. The van der Waals surface area contributed by atoms with Gasteiger partial charge in [0.2, 0.25) is 0 Å². The minimum atomic E-state index is 0.573. The third-order valence-electron chi connectivity index (χ3n) is 4.34. The Bertz CT molecular complexity index is 695. The highest BCUT2D eigenvalue weighted by molar-refractivity contribution is 5.76. The van der Waals surface area contributed by atoms with Crippen molar-refractivity contribution in [2.45, 2.75) is 26.2 Å². The third kappa shape index (κ3) is 3.45. The van der Waals surface area contributed by atoms with Gasteiger partial charge in [-0.05, 0) is 54.3 Å². The molecule has 0 fully saturated rings. The Labute approximate surface area is 139 Å². The van der Waals surface area contributed by atoms with Gasteiger partial charge in [0.25, 0.3) is 0 Å². The Morgan fingerprint density at radius 2 is 1.22 bits per heavy atom. The van der Waals surface area contributed by atoms with E-state index in [0.717, 1.165) is 6.42 Å². The lowest BCUT2D eigenvalue weighted by Crippen LogP contribution is -2.10. The van der Waals surface area contributed by atoms with Gasteiger partial charge in [-0.15, -0.1) is 0 Å². The molecule has 0 saturated heterocycles. The average molecular weight is 301 g/mol. The van der Waals surface area contributed by atoms with Crippen molar-refractivity contribution < 1.29 is 0 Å². The van der Waals surface area contributed by atoms with E-state index in [1.165, 1.54) is 22.6 Å². The number of anilines is 3. The van der Waals surface area contributed by atoms with Gasteiger partial charge in [0.15, 0.2) is 0 Å². The zero-order valence-electron chi connectivity index (χ0n) is 13.8. The first kappa shape index (κ1) is 15.4. The third-order valence-corrected chi connectivity index (χ3v) is 4.34. The smallest absolute Gasteiger partial charge is 0.0464 e. The fraction of sp³-hybridized carbons (Fsp3) is 0.182. The molecular formula is C22H23N. The van der Waals surface area contributed by atoms with E-state index in [9.17, 15) is 0 Å². The lowest BCUT2D eigenvalue weighted by Gasteiger charge is -2.26. The number of nitrogens with zero attached hydrogens (tertiary/aromatic N) is 1. The van der Waals surface area contributed by atoms with E-state index < -0.39 is 0 Å². The van der Waals surface area contributed by atoms with Crippen molar-refractivity contribution in [3.63, 3.8) is 0 Å². The summed E-state index contributed by atoms with van der Waals surface area (Å²) in [4.78, 5) is 2.31. The van der Waals surface area contributed by atoms with Crippen LogP contribution in [0.1, 0.15) is 31.7 Å². The van der Waals surface area contributed by atoms with Gasteiger partial charge in [-0.3, -0.25) is 0 Å². The topological polar surface area (TPSA) is 3.24 Å². The first-order valence-electron chi connectivity index (χ1n) is 8.29. The van der Waals surface area contributed by atoms with E-state index in [0.29, 0.717) is 5.92 Å². The second-order valence-corrected chi connectivity index (χ2v) is 5.91. The molecule has 0 N–H and O–H groups in total. The molecule has 1 heteroatoms. The van der Waals surface area contributed by atoms with Crippen molar-refractivity contribution in [3.05, 3.63) is 90.5 Å². The molecule has 0 aliphatic rings. The summed E-state index contributed by atoms with van der Waals surface area (Å²) in [6.07, 6.45) is 1.15. The van der Waals surface area contributed by atoms with Crippen LogP contribution in [0.2, 0.25) is 0 Å². The van der Waals surface area contributed by atoms with Gasteiger partial charge in [-0.1, -0.05) is 62.4 Å². The Kier molecular flexibility index (Phi) is 4.77. The van der Waals surface area contributed by atoms with E-state index in [4.69, 9.17) is 0 Å². The summed E-state index contributed by atoms with van der Waals surface area (Å²) in [5.74, 6) is 0.573. The molecule has 0 amide bonds. The van der Waals surface area contributed by atoms with Gasteiger partial charge in [0, 0.05) is 17.1 Å². The van der Waals surface area contributed by atoms with E-state index in [1.807, 2.05) is 0 Å². The van der Waals surface area contributed by atoms with Crippen LogP contribution in [0.4, 0.5) is 17.1 Å². The van der Waals surface area contributed by atoms with Gasteiger partial charge < -0.3 is 4.90 Å². The quantitative estimate of drug-likeness (QED) is 0.508. The molecule has 0 spiro atoms. The van der Waals surface area contributed by atoms with Crippen LogP contribution in [0, 0.1) is 0 Å². The second kappa shape index (κ2) is 7.15. The maximum atomic E-state index is 2.31. The summed E-state index contributed by atoms with van der Waals surface area (Å²) in [5, 5.41) is 0. The van der Waals surface area contributed by atoms with Crippen LogP contribution < -0.4 is 4.90 Å². The molecule has 0 radical (unpaired) electrons. The number of hydrogen-bond donors (Lipinski definition) is 0. The molecule has 0 saturated carbocycles. The zero-order chi connectivity index (χ0) is 16.1. The first-order chi connectivity index (χ1) is 11.3. The maximum absolute atomic E-state index is 2.31. The van der Waals surface area contributed by atoms with Crippen molar-refractivity contribution in [3.8, 4) is 0 Å². The van der Waals surface area contributed by atoms with Gasteiger partial charge in [0.05, 0.1) is 0 Å². The predicted octanol–water partition coefficient (Wildman–Crippen LogP) is 6.67. The molecule has 3 aromatic carbocycles. The molecule has 0 aliphatic carbocycles. The second-order valence-electron chi connectivity index (χ2n) is 5.91. The van der Waals surface area contributed by atoms with E-state index in [1.54, 1.807) is 0 Å². The zero-order valence-corrected chi connectivity index (χ0v) is 13.8. The van der Waals surface area contributed by atoms with Gasteiger partial charge in [-0.25, -0.2) is 0 Å². The summed E-state index contributed by atoms with van der Waals surface area (Å²) < 4.78 is 0. The molecule has 0 bridgehead atoms. The van der Waals surface area contributed by atoms with Crippen LogP contribution in [-0.2, 0) is 0 Å². The molecule has 0 aliphatic heterocycles. The molecule has 0 aromatic heterocycles. The Hall–Kier alpha value is -2.54. The Balaban J connectivity index is 2.09. The van der Waals surface area contributed by atoms with Crippen LogP contribution in [0.3, 0.4) is 0 Å². The summed E-state index contributed by atoms with van der Waals surface area (Å²) in [6, 6.07) is 30.0. The normalized spacial score (nSPS) is 11.9. The number of rotatable bonds is 5. The number of para-hydroxylation sites is 2. The van der Waals surface area contributed by atoms with Crippen LogP contribution >= 0.6 is 0 Å². The van der Waals surface area contributed by atoms with Crippen LogP contribution in [-0.4, -0.2) is 0 Å². The summed E-state index contributed by atoms with van der Waals surface area (Å²) in [5.41, 5.74) is 4.96. The molecular weight excluding hydrogens is 278 g/mol. The Morgan fingerprint density at radius 1 is 0.696 bits per heavy atom. The van der Waals surface area contributed by atoms with Crippen molar-refractivity contribution in [1.82, 2.24) is 0 Å². The minimum Gasteiger partial charge on any atom is -0.310 e. The van der Waals surface area contributed by atoms with E-state index >= 15 is 0 Å². The van der Waals surface area contributed by atoms with Gasteiger partial charge >= 0.3 is 0 Å². The molecule has 1 atom stereocenters. The summed E-state index contributed by atoms with van der Waals surface area (Å²) in [6.45, 7) is 4.53. The summed E-state index contributed by atoms with van der Waals surface area (Å²) in [7, 11) is 0. The maximum Gasteiger partial charge on any atom is 0.0464 e. The van der Waals surface area contributed by atoms with Crippen LogP contribution in [0.25, 0.3) is 0 Å². The fourth-order valence-corrected chi connectivity index (χ4v) is 2.81. The molecule has 3 rings (SSSR count). The highest BCUT2D eigenvalue weighted by atomic mass is 15.1. The van der Waals surface area contributed by atoms with Crippen molar-refractivity contribution in [1.29, 1.82) is 0 Å². The van der Waals surface area contributed by atoms with Crippen LogP contribution in [0.15, 0.2) is 84.9 Å². The van der Waals surface area contributed by atoms with Gasteiger partial charge in [-0.2, -0.15) is 0 Å². The molecule has 3 aromatic rings. The molecule has 1 nitrogen and oxygen atoms in total. The number of benzene rings is 3. The van der Waals surface area contributed by atoms with Crippen LogP contribution in [0.5, 0.6) is 0 Å². The Morgan fingerprint density at radius 3 is 1.74 bits per heavy atom. The lowest BCUT2D eigenvalue weighted by molar-refractivity contribution is 0.733. The average Bonchev–Trinajstić information content (AvgIpc) is 2.63. The monoisotopic (exact) mass is 301 g/mol. The summed E-state index contributed by atoms with van der Waals surface area (Å²) >= 11 is 0. The van der Waals surface area contributed by atoms with Gasteiger partial charge in [0.1, 0.15) is 0 Å². The molecule has 0 heterocycles. The first-order valence-corrected chi connectivity index (χ1v) is 8.29. The highest BCUT2D eigenvalue weighted by Gasteiger charge is 2.13. The van der Waals surface area contributed by atoms with Crippen molar-refractivity contribution in [2.24, 2.45) is 0 Å². The van der Waals surface area contributed by atoms with Crippen molar-refractivity contribution in [2.75, 3.05) is 4.90 Å². The largest absolute Gasteiger partial charge is 0.310 e. The molecule has 1 unspecified atom stereocenters. The van der Waals surface area contributed by atoms with Crippen molar-refractivity contribution >= 4 is 17.1 Å². The minimum absolute atomic E-state index is 0.573. The SMILES string of the molecule is CCC(C)c1cccc(N(c2ccccc2)c2ccccc2)c1. The molecule has 23 heavy (non-hydrogen) atoms. The number of hydrogen-bond acceptors (Lipinski definition) is 1. The predicted molar refractivity (Wildman–Crippen MR) is 99.8 cm³/mol.